The molecule has 2 aromatic rings. The Morgan fingerprint density at radius 3 is 2.74 bits per heavy atom. The maximum atomic E-state index is 5.62. The van der Waals surface area contributed by atoms with E-state index in [0.717, 1.165) is 17.9 Å². The molecule has 4 heteroatoms. The van der Waals surface area contributed by atoms with Crippen LogP contribution in [0.1, 0.15) is 12.8 Å². The summed E-state index contributed by atoms with van der Waals surface area (Å²) in [6, 6.07) is 11.8. The monoisotopic (exact) mass is 258 g/mol. The highest BCUT2D eigenvalue weighted by molar-refractivity contribution is 5.57. The molecule has 0 saturated carbocycles. The van der Waals surface area contributed by atoms with Crippen LogP contribution in [0.5, 0.6) is 5.88 Å². The number of aromatic nitrogens is 1. The Morgan fingerprint density at radius 2 is 1.95 bits per heavy atom. The molecule has 0 N–H and O–H groups in total. The maximum absolute atomic E-state index is 5.62. The second-order valence-electron chi connectivity index (χ2n) is 4.79. The number of likely N-dealkylation sites (tertiary alicyclic amines) is 1. The Balaban J connectivity index is 1.53. The molecule has 0 unspecified atom stereocenters. The molecule has 100 valence electrons. The van der Waals surface area contributed by atoms with E-state index in [2.05, 4.69) is 10.1 Å². The van der Waals surface area contributed by atoms with Crippen molar-refractivity contribution in [2.75, 3.05) is 26.2 Å². The molecule has 1 aliphatic rings. The van der Waals surface area contributed by atoms with E-state index in [1.165, 1.54) is 25.9 Å². The van der Waals surface area contributed by atoms with Gasteiger partial charge < -0.3 is 9.26 Å². The third kappa shape index (κ3) is 3.15. The largest absolute Gasteiger partial charge is 0.474 e. The van der Waals surface area contributed by atoms with Crippen molar-refractivity contribution in [3.05, 3.63) is 36.4 Å². The van der Waals surface area contributed by atoms with E-state index in [4.69, 9.17) is 9.26 Å². The molecule has 0 bridgehead atoms. The fourth-order valence-corrected chi connectivity index (χ4v) is 2.35. The van der Waals surface area contributed by atoms with Crippen LogP contribution in [0.15, 0.2) is 40.9 Å². The summed E-state index contributed by atoms with van der Waals surface area (Å²) >= 11 is 0. The Bertz CT molecular complexity index is 504. The molecule has 1 aliphatic heterocycles. The van der Waals surface area contributed by atoms with Crippen molar-refractivity contribution in [2.24, 2.45) is 0 Å². The SMILES string of the molecule is c1ccc(-c2cc(OCCN3CCCC3)no2)cc1. The molecule has 3 rings (SSSR count). The van der Waals surface area contributed by atoms with Crippen molar-refractivity contribution >= 4 is 0 Å². The number of benzene rings is 1. The first-order valence-electron chi connectivity index (χ1n) is 6.79. The minimum absolute atomic E-state index is 0.568. The molecule has 19 heavy (non-hydrogen) atoms. The first-order chi connectivity index (χ1) is 9.42. The third-order valence-corrected chi connectivity index (χ3v) is 3.40. The van der Waals surface area contributed by atoms with Gasteiger partial charge in [-0.3, -0.25) is 4.90 Å². The Labute approximate surface area is 113 Å². The van der Waals surface area contributed by atoms with Crippen LogP contribution < -0.4 is 4.74 Å². The number of ether oxygens (including phenoxy) is 1. The normalized spacial score (nSPS) is 15.8. The van der Waals surface area contributed by atoms with Gasteiger partial charge in [-0.2, -0.15) is 0 Å². The molecule has 0 atom stereocenters. The molecular formula is C15H18N2O2. The van der Waals surface area contributed by atoms with Gasteiger partial charge in [-0.15, -0.1) is 0 Å². The van der Waals surface area contributed by atoms with Crippen molar-refractivity contribution in [2.45, 2.75) is 12.8 Å². The van der Waals surface area contributed by atoms with Gasteiger partial charge >= 0.3 is 0 Å². The highest BCUT2D eigenvalue weighted by Crippen LogP contribution is 2.23. The predicted octanol–water partition coefficient (Wildman–Crippen LogP) is 2.82. The van der Waals surface area contributed by atoms with E-state index in [-0.39, 0.29) is 0 Å². The minimum atomic E-state index is 0.568. The summed E-state index contributed by atoms with van der Waals surface area (Å²) in [5.74, 6) is 1.31. The second kappa shape index (κ2) is 5.89. The summed E-state index contributed by atoms with van der Waals surface area (Å²) in [5, 5.41) is 3.94. The number of rotatable bonds is 5. The minimum Gasteiger partial charge on any atom is -0.474 e. The van der Waals surface area contributed by atoms with E-state index in [9.17, 15) is 0 Å². The molecule has 2 heterocycles. The summed E-state index contributed by atoms with van der Waals surface area (Å²) in [6.07, 6.45) is 2.62. The Hall–Kier alpha value is -1.81. The smallest absolute Gasteiger partial charge is 0.254 e. The van der Waals surface area contributed by atoms with Crippen LogP contribution in [0.3, 0.4) is 0 Å². The van der Waals surface area contributed by atoms with Gasteiger partial charge in [0.25, 0.3) is 5.88 Å². The van der Waals surface area contributed by atoms with Crippen LogP contribution in [-0.4, -0.2) is 36.3 Å². The van der Waals surface area contributed by atoms with E-state index in [1.807, 2.05) is 36.4 Å². The summed E-state index contributed by atoms with van der Waals surface area (Å²) in [5.41, 5.74) is 1.02. The van der Waals surface area contributed by atoms with Crippen molar-refractivity contribution in [1.82, 2.24) is 10.1 Å². The van der Waals surface area contributed by atoms with Crippen molar-refractivity contribution in [1.29, 1.82) is 0 Å². The lowest BCUT2D eigenvalue weighted by atomic mass is 10.2. The number of hydrogen-bond donors (Lipinski definition) is 0. The predicted molar refractivity (Wildman–Crippen MR) is 73.1 cm³/mol. The topological polar surface area (TPSA) is 38.5 Å². The fourth-order valence-electron chi connectivity index (χ4n) is 2.35. The first kappa shape index (κ1) is 12.2. The highest BCUT2D eigenvalue weighted by atomic mass is 16.5. The fraction of sp³-hybridized carbons (Fsp3) is 0.400. The lowest BCUT2D eigenvalue weighted by Gasteiger charge is -2.13. The molecule has 1 aromatic carbocycles. The molecule has 0 amide bonds. The lowest BCUT2D eigenvalue weighted by molar-refractivity contribution is 0.223. The van der Waals surface area contributed by atoms with Gasteiger partial charge in [0.2, 0.25) is 0 Å². The molecule has 1 saturated heterocycles. The quantitative estimate of drug-likeness (QED) is 0.826. The molecule has 0 aliphatic carbocycles. The Morgan fingerprint density at radius 1 is 1.16 bits per heavy atom. The maximum Gasteiger partial charge on any atom is 0.254 e. The average Bonchev–Trinajstić information content (AvgIpc) is 3.11. The zero-order valence-corrected chi connectivity index (χ0v) is 10.9. The van der Waals surface area contributed by atoms with Crippen LogP contribution in [-0.2, 0) is 0 Å². The van der Waals surface area contributed by atoms with Crippen LogP contribution >= 0.6 is 0 Å². The van der Waals surface area contributed by atoms with Gasteiger partial charge in [-0.05, 0) is 31.1 Å². The lowest BCUT2D eigenvalue weighted by Crippen LogP contribution is -2.25. The molecule has 4 nitrogen and oxygen atoms in total. The zero-order chi connectivity index (χ0) is 12.9. The molecular weight excluding hydrogens is 240 g/mol. The highest BCUT2D eigenvalue weighted by Gasteiger charge is 2.12. The first-order valence-corrected chi connectivity index (χ1v) is 6.79. The zero-order valence-electron chi connectivity index (χ0n) is 10.9. The second-order valence-corrected chi connectivity index (χ2v) is 4.79. The summed E-state index contributed by atoms with van der Waals surface area (Å²) in [7, 11) is 0. The summed E-state index contributed by atoms with van der Waals surface area (Å²) in [6.45, 7) is 4.02. The average molecular weight is 258 g/mol. The van der Waals surface area contributed by atoms with Crippen molar-refractivity contribution < 1.29 is 9.26 Å². The van der Waals surface area contributed by atoms with Crippen molar-refractivity contribution in [3.63, 3.8) is 0 Å². The van der Waals surface area contributed by atoms with Gasteiger partial charge in [0.1, 0.15) is 6.61 Å². The van der Waals surface area contributed by atoms with Gasteiger partial charge in [-0.25, -0.2) is 0 Å². The van der Waals surface area contributed by atoms with Gasteiger partial charge in [0, 0.05) is 18.2 Å². The van der Waals surface area contributed by atoms with Crippen LogP contribution in [0.2, 0.25) is 0 Å². The van der Waals surface area contributed by atoms with Crippen LogP contribution in [0, 0.1) is 0 Å². The molecule has 1 fully saturated rings. The van der Waals surface area contributed by atoms with Gasteiger partial charge in [0.15, 0.2) is 5.76 Å². The van der Waals surface area contributed by atoms with E-state index < -0.39 is 0 Å². The van der Waals surface area contributed by atoms with Crippen LogP contribution in [0.4, 0.5) is 0 Å². The molecule has 1 aromatic heterocycles. The van der Waals surface area contributed by atoms with E-state index in [1.54, 1.807) is 0 Å². The summed E-state index contributed by atoms with van der Waals surface area (Å²) < 4.78 is 10.9. The number of hydrogen-bond acceptors (Lipinski definition) is 4. The third-order valence-electron chi connectivity index (χ3n) is 3.40. The number of nitrogens with zero attached hydrogens (tertiary/aromatic N) is 2. The van der Waals surface area contributed by atoms with Gasteiger partial charge in [0.05, 0.1) is 0 Å². The van der Waals surface area contributed by atoms with Crippen LogP contribution in [0.25, 0.3) is 11.3 Å². The van der Waals surface area contributed by atoms with E-state index >= 15 is 0 Å². The summed E-state index contributed by atoms with van der Waals surface area (Å²) in [4.78, 5) is 2.41. The Kier molecular flexibility index (Phi) is 3.79. The molecule has 0 spiro atoms. The molecule has 0 radical (unpaired) electrons. The van der Waals surface area contributed by atoms with Gasteiger partial charge in [-0.1, -0.05) is 30.3 Å². The van der Waals surface area contributed by atoms with Crippen molar-refractivity contribution in [3.8, 4) is 17.2 Å². The van der Waals surface area contributed by atoms with E-state index in [0.29, 0.717) is 12.5 Å². The standard InChI is InChI=1S/C15H18N2O2/c1-2-6-13(7-3-1)14-12-15(16-19-14)18-11-10-17-8-4-5-9-17/h1-3,6-7,12H,4-5,8-11H2.